The first-order chi connectivity index (χ1) is 13.0. The summed E-state index contributed by atoms with van der Waals surface area (Å²) in [7, 11) is 2.05. The van der Waals surface area contributed by atoms with E-state index in [9.17, 15) is 0 Å². The summed E-state index contributed by atoms with van der Waals surface area (Å²) in [5, 5.41) is 3.50. The van der Waals surface area contributed by atoms with Crippen LogP contribution in [0.4, 0.5) is 5.82 Å². The van der Waals surface area contributed by atoms with Crippen LogP contribution in [-0.4, -0.2) is 17.0 Å². The van der Waals surface area contributed by atoms with Crippen molar-refractivity contribution in [3.8, 4) is 11.1 Å². The van der Waals surface area contributed by atoms with Gasteiger partial charge in [-0.25, -0.2) is 4.98 Å². The van der Waals surface area contributed by atoms with Crippen LogP contribution in [0.15, 0.2) is 53.9 Å². The number of hydrogen-bond acceptors (Lipinski definition) is 4. The smallest absolute Gasteiger partial charge is 0.225 e. The molecule has 2 heterocycles. The third-order valence-corrected chi connectivity index (χ3v) is 5.87. The van der Waals surface area contributed by atoms with E-state index < -0.39 is 0 Å². The van der Waals surface area contributed by atoms with Gasteiger partial charge in [0.05, 0.1) is 5.39 Å². The van der Waals surface area contributed by atoms with Crippen LogP contribution in [0.2, 0.25) is 5.28 Å². The van der Waals surface area contributed by atoms with Crippen LogP contribution in [0, 0.1) is 13.8 Å². The normalized spacial score (nSPS) is 11.1. The molecule has 0 spiro atoms. The molecule has 0 amide bonds. The molecule has 0 fully saturated rings. The van der Waals surface area contributed by atoms with Crippen LogP contribution >= 0.6 is 22.9 Å². The van der Waals surface area contributed by atoms with Crippen LogP contribution in [0.25, 0.3) is 21.3 Å². The van der Waals surface area contributed by atoms with Crippen molar-refractivity contribution in [3.05, 3.63) is 75.9 Å². The SMILES string of the molecule is Cc1ccc(-c2csc3nc(Cl)nc(N(C)Cc4ccccc4)c23)cc1C. The molecule has 5 heteroatoms. The Balaban J connectivity index is 1.84. The average molecular weight is 394 g/mol. The summed E-state index contributed by atoms with van der Waals surface area (Å²) in [6.45, 7) is 5.03. The van der Waals surface area contributed by atoms with Gasteiger partial charge < -0.3 is 4.90 Å². The van der Waals surface area contributed by atoms with Gasteiger partial charge in [-0.3, -0.25) is 0 Å². The Morgan fingerprint density at radius 2 is 1.78 bits per heavy atom. The van der Waals surface area contributed by atoms with Gasteiger partial charge in [-0.2, -0.15) is 4.98 Å². The molecule has 4 rings (SSSR count). The lowest BCUT2D eigenvalue weighted by atomic mass is 10.0. The molecule has 0 radical (unpaired) electrons. The standard InChI is InChI=1S/C22H20ClN3S/c1-14-9-10-17(11-15(14)2)18-13-27-21-19(18)20(24-22(23)25-21)26(3)12-16-7-5-4-6-8-16/h4-11,13H,12H2,1-3H3. The van der Waals surface area contributed by atoms with Crippen LogP contribution in [0.5, 0.6) is 0 Å². The minimum absolute atomic E-state index is 0.283. The lowest BCUT2D eigenvalue weighted by molar-refractivity contribution is 0.901. The van der Waals surface area contributed by atoms with Gasteiger partial charge in [-0.15, -0.1) is 11.3 Å². The van der Waals surface area contributed by atoms with Crippen LogP contribution in [-0.2, 0) is 6.54 Å². The molecule has 4 aromatic rings. The number of aromatic nitrogens is 2. The van der Waals surface area contributed by atoms with Gasteiger partial charge in [-0.05, 0) is 47.7 Å². The molecule has 0 N–H and O–H groups in total. The number of halogens is 1. The summed E-state index contributed by atoms with van der Waals surface area (Å²) in [4.78, 5) is 12.1. The number of rotatable bonds is 4. The largest absolute Gasteiger partial charge is 0.355 e. The van der Waals surface area contributed by atoms with Crippen LogP contribution in [0.1, 0.15) is 16.7 Å². The number of benzene rings is 2. The minimum Gasteiger partial charge on any atom is -0.355 e. The molecule has 0 saturated heterocycles. The van der Waals surface area contributed by atoms with Gasteiger partial charge >= 0.3 is 0 Å². The summed E-state index contributed by atoms with van der Waals surface area (Å²) in [6, 6.07) is 16.9. The second-order valence-corrected chi connectivity index (χ2v) is 7.98. The van der Waals surface area contributed by atoms with E-state index in [4.69, 9.17) is 11.6 Å². The molecule has 0 atom stereocenters. The zero-order valence-corrected chi connectivity index (χ0v) is 17.1. The Labute approximate surface area is 168 Å². The van der Waals surface area contributed by atoms with Crippen molar-refractivity contribution in [3.63, 3.8) is 0 Å². The van der Waals surface area contributed by atoms with E-state index in [0.29, 0.717) is 0 Å². The maximum Gasteiger partial charge on any atom is 0.225 e. The highest BCUT2D eigenvalue weighted by atomic mass is 35.5. The molecule has 0 aliphatic heterocycles. The number of anilines is 1. The number of nitrogens with zero attached hydrogens (tertiary/aromatic N) is 3. The van der Waals surface area contributed by atoms with Crippen molar-refractivity contribution in [1.82, 2.24) is 9.97 Å². The lowest BCUT2D eigenvalue weighted by Gasteiger charge is -2.20. The third kappa shape index (κ3) is 3.55. The monoisotopic (exact) mass is 393 g/mol. The van der Waals surface area contributed by atoms with Gasteiger partial charge in [0.2, 0.25) is 5.28 Å². The molecule has 0 unspecified atom stereocenters. The van der Waals surface area contributed by atoms with Gasteiger partial charge in [-0.1, -0.05) is 48.5 Å². The molecule has 0 bridgehead atoms. The van der Waals surface area contributed by atoms with E-state index in [2.05, 4.69) is 76.6 Å². The average Bonchev–Trinajstić information content (AvgIpc) is 3.07. The quantitative estimate of drug-likeness (QED) is 0.383. The van der Waals surface area contributed by atoms with Gasteiger partial charge in [0.25, 0.3) is 0 Å². The molecule has 0 saturated carbocycles. The fourth-order valence-electron chi connectivity index (χ4n) is 3.23. The Morgan fingerprint density at radius 1 is 1.00 bits per heavy atom. The van der Waals surface area contributed by atoms with E-state index in [0.717, 1.165) is 28.1 Å². The topological polar surface area (TPSA) is 29.0 Å². The first kappa shape index (κ1) is 18.0. The molecule has 2 aromatic heterocycles. The zero-order valence-electron chi connectivity index (χ0n) is 15.5. The molecule has 0 aliphatic carbocycles. The number of aryl methyl sites for hydroxylation is 2. The number of thiophene rings is 1. The maximum absolute atomic E-state index is 6.23. The highest BCUT2D eigenvalue weighted by molar-refractivity contribution is 7.17. The molecule has 27 heavy (non-hydrogen) atoms. The lowest BCUT2D eigenvalue weighted by Crippen LogP contribution is -2.18. The van der Waals surface area contributed by atoms with Gasteiger partial charge in [0.15, 0.2) is 0 Å². The fourth-order valence-corrected chi connectivity index (χ4v) is 4.38. The van der Waals surface area contributed by atoms with E-state index in [1.807, 2.05) is 13.1 Å². The predicted molar refractivity (Wildman–Crippen MR) is 116 cm³/mol. The molecule has 3 nitrogen and oxygen atoms in total. The van der Waals surface area contributed by atoms with Crippen molar-refractivity contribution >= 4 is 39.0 Å². The minimum atomic E-state index is 0.283. The summed E-state index contributed by atoms with van der Waals surface area (Å²) in [6.07, 6.45) is 0. The van der Waals surface area contributed by atoms with Crippen molar-refractivity contribution < 1.29 is 0 Å². The summed E-state index contributed by atoms with van der Waals surface area (Å²) in [5.41, 5.74) is 6.14. The van der Waals surface area contributed by atoms with Crippen molar-refractivity contribution in [2.24, 2.45) is 0 Å². The van der Waals surface area contributed by atoms with E-state index in [-0.39, 0.29) is 5.28 Å². The van der Waals surface area contributed by atoms with Gasteiger partial charge in [0, 0.05) is 24.5 Å². The number of fused-ring (bicyclic) bond motifs is 1. The summed E-state index contributed by atoms with van der Waals surface area (Å²) in [5.74, 6) is 0.864. The first-order valence-corrected chi connectivity index (χ1v) is 10.1. The molecular formula is C22H20ClN3S. The van der Waals surface area contributed by atoms with Gasteiger partial charge in [0.1, 0.15) is 10.6 Å². The first-order valence-electron chi connectivity index (χ1n) is 8.80. The third-order valence-electron chi connectivity index (χ3n) is 4.83. The second kappa shape index (κ2) is 7.29. The Kier molecular flexibility index (Phi) is 4.85. The van der Waals surface area contributed by atoms with Crippen molar-refractivity contribution in [2.45, 2.75) is 20.4 Å². The van der Waals surface area contributed by atoms with Crippen LogP contribution in [0.3, 0.4) is 0 Å². The Hall–Kier alpha value is -2.43. The molecule has 2 aromatic carbocycles. The summed E-state index contributed by atoms with van der Waals surface area (Å²) < 4.78 is 0. The number of hydrogen-bond donors (Lipinski definition) is 0. The Bertz CT molecular complexity index is 1110. The van der Waals surface area contributed by atoms with E-state index in [1.165, 1.54) is 22.3 Å². The zero-order chi connectivity index (χ0) is 19.0. The van der Waals surface area contributed by atoms with Crippen molar-refractivity contribution in [2.75, 3.05) is 11.9 Å². The predicted octanol–water partition coefficient (Wildman–Crippen LogP) is 6.26. The molecule has 136 valence electrons. The molecule has 0 aliphatic rings. The molecular weight excluding hydrogens is 374 g/mol. The highest BCUT2D eigenvalue weighted by Crippen LogP contribution is 2.39. The van der Waals surface area contributed by atoms with E-state index >= 15 is 0 Å². The maximum atomic E-state index is 6.23. The fraction of sp³-hybridized carbons (Fsp3) is 0.182. The highest BCUT2D eigenvalue weighted by Gasteiger charge is 2.18. The second-order valence-electron chi connectivity index (χ2n) is 6.79. The van der Waals surface area contributed by atoms with E-state index in [1.54, 1.807) is 11.3 Å². The van der Waals surface area contributed by atoms with Crippen molar-refractivity contribution in [1.29, 1.82) is 0 Å². The van der Waals surface area contributed by atoms with Crippen LogP contribution < -0.4 is 4.90 Å². The summed E-state index contributed by atoms with van der Waals surface area (Å²) >= 11 is 7.84. The Morgan fingerprint density at radius 3 is 2.52 bits per heavy atom.